The maximum Gasteiger partial charge on any atom is 0.264 e. The molecule has 0 bridgehead atoms. The van der Waals surface area contributed by atoms with Crippen molar-refractivity contribution in [2.75, 3.05) is 10.8 Å². The molecule has 40 heavy (non-hydrogen) atoms. The van der Waals surface area contributed by atoms with Crippen LogP contribution in [0.5, 0.6) is 0 Å². The largest absolute Gasteiger partial charge is 0.352 e. The Morgan fingerprint density at radius 1 is 0.975 bits per heavy atom. The summed E-state index contributed by atoms with van der Waals surface area (Å²) in [5.41, 5.74) is 2.90. The van der Waals surface area contributed by atoms with E-state index in [0.717, 1.165) is 46.7 Å². The van der Waals surface area contributed by atoms with Crippen molar-refractivity contribution in [2.45, 2.75) is 70.0 Å². The Balaban J connectivity index is 1.70. The van der Waals surface area contributed by atoms with Gasteiger partial charge in [-0.2, -0.15) is 0 Å². The maximum atomic E-state index is 14.1. The molecule has 2 amide bonds. The number of hydrogen-bond donors (Lipinski definition) is 1. The van der Waals surface area contributed by atoms with Gasteiger partial charge in [-0.25, -0.2) is 8.42 Å². The molecule has 4 rings (SSSR count). The highest BCUT2D eigenvalue weighted by molar-refractivity contribution is 7.92. The van der Waals surface area contributed by atoms with Crippen molar-refractivity contribution < 1.29 is 18.0 Å². The van der Waals surface area contributed by atoms with E-state index in [1.54, 1.807) is 55.5 Å². The molecule has 0 unspecified atom stereocenters. The van der Waals surface area contributed by atoms with E-state index in [0.29, 0.717) is 10.7 Å². The van der Waals surface area contributed by atoms with E-state index in [1.165, 1.54) is 17.0 Å². The van der Waals surface area contributed by atoms with Crippen LogP contribution in [0, 0.1) is 13.8 Å². The number of nitrogens with zero attached hydrogens (tertiary/aromatic N) is 2. The SMILES string of the molecule is Cc1ccc(N(CC(=O)N(Cc2ccc(Cl)cc2)[C@H](C)C(=O)NC2CCCC2)S(=O)(=O)c2ccccc2)c(C)c1. The molecule has 0 aromatic heterocycles. The van der Waals surface area contributed by atoms with Crippen molar-refractivity contribution in [2.24, 2.45) is 0 Å². The zero-order chi connectivity index (χ0) is 28.9. The number of amides is 2. The third kappa shape index (κ3) is 7.04. The Bertz CT molecular complexity index is 1440. The molecule has 1 atom stereocenters. The Hall–Kier alpha value is -3.36. The average Bonchev–Trinajstić information content (AvgIpc) is 3.45. The van der Waals surface area contributed by atoms with Gasteiger partial charge in [-0.05, 0) is 75.1 Å². The molecule has 1 N–H and O–H groups in total. The Morgan fingerprint density at radius 3 is 2.25 bits per heavy atom. The van der Waals surface area contributed by atoms with E-state index >= 15 is 0 Å². The first kappa shape index (κ1) is 29.6. The predicted molar refractivity (Wildman–Crippen MR) is 159 cm³/mol. The van der Waals surface area contributed by atoms with Crippen LogP contribution in [-0.2, 0) is 26.2 Å². The lowest BCUT2D eigenvalue weighted by atomic mass is 10.1. The summed E-state index contributed by atoms with van der Waals surface area (Å²) < 4.78 is 29.0. The minimum Gasteiger partial charge on any atom is -0.352 e. The van der Waals surface area contributed by atoms with E-state index < -0.39 is 28.5 Å². The fraction of sp³-hybridized carbons (Fsp3) is 0.355. The molecule has 7 nitrogen and oxygen atoms in total. The number of hydrogen-bond acceptors (Lipinski definition) is 4. The number of benzene rings is 3. The molecule has 0 radical (unpaired) electrons. The molecule has 1 saturated carbocycles. The van der Waals surface area contributed by atoms with Crippen molar-refractivity contribution in [3.8, 4) is 0 Å². The van der Waals surface area contributed by atoms with Crippen LogP contribution < -0.4 is 9.62 Å². The predicted octanol–water partition coefficient (Wildman–Crippen LogP) is 5.63. The van der Waals surface area contributed by atoms with Gasteiger partial charge in [0, 0.05) is 17.6 Å². The van der Waals surface area contributed by atoms with Crippen LogP contribution in [-0.4, -0.2) is 43.8 Å². The highest BCUT2D eigenvalue weighted by Gasteiger charge is 2.33. The summed E-state index contributed by atoms with van der Waals surface area (Å²) in [5, 5.41) is 3.64. The first-order valence-corrected chi connectivity index (χ1v) is 15.4. The Labute approximate surface area is 242 Å². The Kier molecular flexibility index (Phi) is 9.53. The van der Waals surface area contributed by atoms with Crippen molar-refractivity contribution >= 4 is 39.1 Å². The summed E-state index contributed by atoms with van der Waals surface area (Å²) in [7, 11) is -4.09. The van der Waals surface area contributed by atoms with Crippen LogP contribution in [0.15, 0.2) is 77.7 Å². The van der Waals surface area contributed by atoms with Gasteiger partial charge < -0.3 is 10.2 Å². The standard InChI is InChI=1S/C31H36ClN3O4S/c1-22-13-18-29(23(2)19-22)35(40(38,39)28-11-5-4-6-12-28)21-30(36)34(20-25-14-16-26(32)17-15-25)24(3)31(37)33-27-9-7-8-10-27/h4-6,11-19,24,27H,7-10,20-21H2,1-3H3,(H,33,37)/t24-/m1/s1. The summed E-state index contributed by atoms with van der Waals surface area (Å²) in [6, 6.07) is 19.8. The van der Waals surface area contributed by atoms with Crippen LogP contribution in [0.2, 0.25) is 5.02 Å². The lowest BCUT2D eigenvalue weighted by Gasteiger charge is -2.33. The fourth-order valence-electron chi connectivity index (χ4n) is 5.08. The van der Waals surface area contributed by atoms with E-state index in [-0.39, 0.29) is 23.4 Å². The van der Waals surface area contributed by atoms with Crippen molar-refractivity contribution in [3.63, 3.8) is 0 Å². The van der Waals surface area contributed by atoms with E-state index in [2.05, 4.69) is 5.32 Å². The van der Waals surface area contributed by atoms with Crippen LogP contribution in [0.4, 0.5) is 5.69 Å². The van der Waals surface area contributed by atoms with Gasteiger partial charge in [0.25, 0.3) is 10.0 Å². The quantitative estimate of drug-likeness (QED) is 0.336. The Morgan fingerprint density at radius 2 is 1.62 bits per heavy atom. The molecule has 0 saturated heterocycles. The maximum absolute atomic E-state index is 14.1. The average molecular weight is 582 g/mol. The molecule has 1 aliphatic carbocycles. The summed E-state index contributed by atoms with van der Waals surface area (Å²) in [6.45, 7) is 5.10. The third-order valence-corrected chi connectivity index (χ3v) is 9.39. The van der Waals surface area contributed by atoms with Crippen molar-refractivity contribution in [3.05, 3.63) is 94.5 Å². The molecule has 9 heteroatoms. The van der Waals surface area contributed by atoms with Crippen LogP contribution in [0.3, 0.4) is 0 Å². The molecule has 3 aromatic carbocycles. The molecule has 1 aliphatic rings. The number of nitrogens with one attached hydrogen (secondary N) is 1. The van der Waals surface area contributed by atoms with Gasteiger partial charge in [0.1, 0.15) is 12.6 Å². The van der Waals surface area contributed by atoms with Gasteiger partial charge in [-0.3, -0.25) is 13.9 Å². The number of anilines is 1. The number of carbonyl (C=O) groups excluding carboxylic acids is 2. The number of halogens is 1. The smallest absolute Gasteiger partial charge is 0.264 e. The normalized spacial score (nSPS) is 14.5. The molecule has 0 aliphatic heterocycles. The van der Waals surface area contributed by atoms with E-state index in [9.17, 15) is 18.0 Å². The van der Waals surface area contributed by atoms with Gasteiger partial charge in [0.2, 0.25) is 11.8 Å². The first-order chi connectivity index (χ1) is 19.1. The summed E-state index contributed by atoms with van der Waals surface area (Å²) in [5.74, 6) is -0.735. The van der Waals surface area contributed by atoms with Gasteiger partial charge in [-0.1, -0.05) is 72.5 Å². The number of carbonyl (C=O) groups is 2. The molecule has 1 fully saturated rings. The van der Waals surface area contributed by atoms with Gasteiger partial charge in [0.15, 0.2) is 0 Å². The van der Waals surface area contributed by atoms with Crippen molar-refractivity contribution in [1.82, 2.24) is 10.2 Å². The zero-order valence-corrected chi connectivity index (χ0v) is 24.7. The first-order valence-electron chi connectivity index (χ1n) is 13.6. The highest BCUT2D eigenvalue weighted by Crippen LogP contribution is 2.28. The topological polar surface area (TPSA) is 86.8 Å². The molecule has 0 heterocycles. The highest BCUT2D eigenvalue weighted by atomic mass is 35.5. The molecule has 212 valence electrons. The van der Waals surface area contributed by atoms with Crippen molar-refractivity contribution in [1.29, 1.82) is 0 Å². The van der Waals surface area contributed by atoms with Crippen LogP contribution >= 0.6 is 11.6 Å². The second-order valence-corrected chi connectivity index (χ2v) is 12.7. The molecule has 3 aromatic rings. The zero-order valence-electron chi connectivity index (χ0n) is 23.1. The lowest BCUT2D eigenvalue weighted by Crippen LogP contribution is -2.52. The second kappa shape index (κ2) is 12.9. The minimum atomic E-state index is -4.09. The summed E-state index contributed by atoms with van der Waals surface area (Å²) >= 11 is 6.07. The summed E-state index contributed by atoms with van der Waals surface area (Å²) in [4.78, 5) is 28.9. The van der Waals surface area contributed by atoms with Crippen LogP contribution in [0.25, 0.3) is 0 Å². The monoisotopic (exact) mass is 581 g/mol. The van der Waals surface area contributed by atoms with E-state index in [4.69, 9.17) is 11.6 Å². The van der Waals surface area contributed by atoms with Crippen LogP contribution in [0.1, 0.15) is 49.3 Å². The molecular formula is C31H36ClN3O4S. The summed E-state index contributed by atoms with van der Waals surface area (Å²) in [6.07, 6.45) is 3.96. The molecular weight excluding hydrogens is 546 g/mol. The third-order valence-electron chi connectivity index (χ3n) is 7.37. The number of sulfonamides is 1. The molecule has 0 spiro atoms. The second-order valence-electron chi connectivity index (χ2n) is 10.4. The van der Waals surface area contributed by atoms with E-state index in [1.807, 2.05) is 26.0 Å². The fourth-order valence-corrected chi connectivity index (χ4v) is 6.71. The minimum absolute atomic E-state index is 0.0825. The van der Waals surface area contributed by atoms with Gasteiger partial charge >= 0.3 is 0 Å². The van der Waals surface area contributed by atoms with Gasteiger partial charge in [0.05, 0.1) is 10.6 Å². The number of rotatable bonds is 10. The lowest BCUT2D eigenvalue weighted by molar-refractivity contribution is -0.139. The van der Waals surface area contributed by atoms with Gasteiger partial charge in [-0.15, -0.1) is 0 Å². The number of aryl methyl sites for hydroxylation is 2.